The van der Waals surface area contributed by atoms with Crippen molar-refractivity contribution in [3.8, 4) is 11.1 Å². The van der Waals surface area contributed by atoms with Crippen LogP contribution in [0.2, 0.25) is 0 Å². The van der Waals surface area contributed by atoms with Gasteiger partial charge in [-0.2, -0.15) is 5.10 Å². The minimum absolute atomic E-state index is 0.332. The smallest absolute Gasteiger partial charge is 0.307 e. The molecule has 1 aromatic heterocycles. The van der Waals surface area contributed by atoms with Crippen molar-refractivity contribution < 1.29 is 4.79 Å². The number of nitrogens with one attached hydrogen (secondary N) is 3. The number of amides is 2. The van der Waals surface area contributed by atoms with E-state index < -0.39 is 0 Å². The van der Waals surface area contributed by atoms with E-state index in [4.69, 9.17) is 5.41 Å². The number of hydrogen-bond acceptors (Lipinski definition) is 3. The van der Waals surface area contributed by atoms with Gasteiger partial charge in [-0.05, 0) is 35.2 Å². The van der Waals surface area contributed by atoms with Crippen LogP contribution in [0.15, 0.2) is 60.9 Å². The van der Waals surface area contributed by atoms with Crippen LogP contribution in [0.5, 0.6) is 0 Å². The van der Waals surface area contributed by atoms with Crippen molar-refractivity contribution in [1.29, 1.82) is 5.41 Å². The Morgan fingerprint density at radius 1 is 1.27 bits per heavy atom. The van der Waals surface area contributed by atoms with Gasteiger partial charge in [-0.25, -0.2) is 4.79 Å². The Hall–Kier alpha value is -3.41. The van der Waals surface area contributed by atoms with Gasteiger partial charge in [0.1, 0.15) is 0 Å². The predicted octanol–water partition coefficient (Wildman–Crippen LogP) is 4.28. The monoisotopic (exact) mass is 347 g/mol. The minimum atomic E-state index is -0.332. The van der Waals surface area contributed by atoms with Crippen LogP contribution in [-0.4, -0.2) is 27.5 Å². The molecule has 0 aliphatic rings. The molecule has 6 heteroatoms. The minimum Gasteiger partial charge on any atom is -0.307 e. The van der Waals surface area contributed by atoms with E-state index in [1.54, 1.807) is 6.20 Å². The van der Waals surface area contributed by atoms with Crippen LogP contribution in [0.25, 0.3) is 11.1 Å². The fourth-order valence-corrected chi connectivity index (χ4v) is 2.80. The first-order valence-electron chi connectivity index (χ1n) is 8.45. The summed E-state index contributed by atoms with van der Waals surface area (Å²) >= 11 is 0. The molecule has 0 saturated carbocycles. The summed E-state index contributed by atoms with van der Waals surface area (Å²) in [5, 5.41) is 17.2. The molecule has 0 radical (unpaired) electrons. The average molecular weight is 347 g/mol. The lowest BCUT2D eigenvalue weighted by atomic mass is 10.00. The lowest BCUT2D eigenvalue weighted by Crippen LogP contribution is -2.33. The Balaban J connectivity index is 1.75. The summed E-state index contributed by atoms with van der Waals surface area (Å²) in [4.78, 5) is 13.8. The number of benzene rings is 2. The quantitative estimate of drug-likeness (QED) is 0.459. The molecule has 0 aliphatic carbocycles. The van der Waals surface area contributed by atoms with Crippen LogP contribution >= 0.6 is 0 Å². The van der Waals surface area contributed by atoms with E-state index in [2.05, 4.69) is 22.4 Å². The lowest BCUT2D eigenvalue weighted by Gasteiger charge is -2.18. The molecule has 1 heterocycles. The van der Waals surface area contributed by atoms with Crippen LogP contribution < -0.4 is 5.32 Å². The number of H-pyrrole nitrogens is 1. The molecule has 6 nitrogen and oxygen atoms in total. The van der Waals surface area contributed by atoms with Gasteiger partial charge < -0.3 is 5.32 Å². The lowest BCUT2D eigenvalue weighted by molar-refractivity contribution is 0.233. The van der Waals surface area contributed by atoms with Crippen molar-refractivity contribution in [1.82, 2.24) is 15.1 Å². The van der Waals surface area contributed by atoms with E-state index in [0.717, 1.165) is 35.0 Å². The molecule has 3 rings (SSSR count). The first-order chi connectivity index (χ1) is 12.7. The highest BCUT2D eigenvalue weighted by molar-refractivity contribution is 5.96. The number of carbonyl (C=O) groups excluding carboxylic acids is 1. The molecule has 26 heavy (non-hydrogen) atoms. The van der Waals surface area contributed by atoms with E-state index in [1.165, 1.54) is 4.90 Å². The Labute approximate surface area is 152 Å². The summed E-state index contributed by atoms with van der Waals surface area (Å²) in [6.45, 7) is 2.42. The van der Waals surface area contributed by atoms with Crippen molar-refractivity contribution in [2.75, 3.05) is 5.32 Å². The first-order valence-corrected chi connectivity index (χ1v) is 8.45. The van der Waals surface area contributed by atoms with Crippen molar-refractivity contribution in [2.24, 2.45) is 0 Å². The summed E-state index contributed by atoms with van der Waals surface area (Å²) < 4.78 is 0. The van der Waals surface area contributed by atoms with Gasteiger partial charge in [0.25, 0.3) is 0 Å². The Morgan fingerprint density at radius 2 is 2.08 bits per heavy atom. The highest BCUT2D eigenvalue weighted by Gasteiger charge is 2.13. The second-order valence-corrected chi connectivity index (χ2v) is 5.89. The molecule has 2 aromatic carbocycles. The van der Waals surface area contributed by atoms with Gasteiger partial charge in [0, 0.05) is 17.4 Å². The predicted molar refractivity (Wildman–Crippen MR) is 103 cm³/mol. The van der Waals surface area contributed by atoms with Crippen molar-refractivity contribution in [3.05, 3.63) is 72.1 Å². The number of nitrogens with zero attached hydrogens (tertiary/aromatic N) is 2. The molecule has 2 amide bonds. The fraction of sp³-hybridized carbons (Fsp3) is 0.150. The molecule has 0 saturated heterocycles. The summed E-state index contributed by atoms with van der Waals surface area (Å²) in [7, 11) is 0. The van der Waals surface area contributed by atoms with Gasteiger partial charge >= 0.3 is 6.03 Å². The van der Waals surface area contributed by atoms with Gasteiger partial charge in [-0.1, -0.05) is 43.3 Å². The number of aromatic amines is 1. The number of anilines is 1. The van der Waals surface area contributed by atoms with E-state index >= 15 is 0 Å². The molecule has 0 fully saturated rings. The van der Waals surface area contributed by atoms with Crippen LogP contribution in [0.4, 0.5) is 10.5 Å². The summed E-state index contributed by atoms with van der Waals surface area (Å²) in [5.41, 5.74) is 4.90. The molecule has 0 aliphatic heterocycles. The van der Waals surface area contributed by atoms with Crippen LogP contribution in [0.3, 0.4) is 0 Å². The average Bonchev–Trinajstić information content (AvgIpc) is 3.21. The zero-order chi connectivity index (χ0) is 18.4. The number of aromatic nitrogens is 2. The van der Waals surface area contributed by atoms with Crippen LogP contribution in [-0.2, 0) is 13.0 Å². The number of rotatable bonds is 6. The maximum atomic E-state index is 12.5. The van der Waals surface area contributed by atoms with Crippen LogP contribution in [0, 0.1) is 5.41 Å². The number of aryl methyl sites for hydroxylation is 1. The summed E-state index contributed by atoms with van der Waals surface area (Å²) in [6.07, 6.45) is 5.51. The second kappa shape index (κ2) is 8.11. The maximum absolute atomic E-state index is 12.5. The Morgan fingerprint density at radius 3 is 2.73 bits per heavy atom. The van der Waals surface area contributed by atoms with Gasteiger partial charge in [0.05, 0.1) is 19.1 Å². The van der Waals surface area contributed by atoms with E-state index in [0.29, 0.717) is 12.2 Å². The number of urea groups is 1. The van der Waals surface area contributed by atoms with Gasteiger partial charge in [-0.3, -0.25) is 15.4 Å². The molecule has 0 spiro atoms. The molecular formula is C20H21N5O. The van der Waals surface area contributed by atoms with E-state index in [-0.39, 0.29) is 6.03 Å². The molecule has 3 aromatic rings. The zero-order valence-electron chi connectivity index (χ0n) is 14.6. The van der Waals surface area contributed by atoms with Crippen LogP contribution in [0.1, 0.15) is 18.1 Å². The molecule has 0 unspecified atom stereocenters. The highest BCUT2D eigenvalue weighted by atomic mass is 16.2. The maximum Gasteiger partial charge on any atom is 0.327 e. The summed E-state index contributed by atoms with van der Waals surface area (Å²) in [6, 6.07) is 15.1. The molecule has 3 N–H and O–H groups in total. The third kappa shape index (κ3) is 3.97. The molecular weight excluding hydrogens is 326 g/mol. The van der Waals surface area contributed by atoms with Gasteiger partial charge in [0.15, 0.2) is 0 Å². The SMILES string of the molecule is CCc1cc(NC(=O)N(C=N)Cc2ccccc2)ccc1-c1cn[nH]c1. The second-order valence-electron chi connectivity index (χ2n) is 5.89. The molecule has 132 valence electrons. The first kappa shape index (κ1) is 17.4. The number of hydrogen-bond donors (Lipinski definition) is 3. The van der Waals surface area contributed by atoms with Gasteiger partial charge in [-0.15, -0.1) is 0 Å². The Kier molecular flexibility index (Phi) is 5.43. The Bertz CT molecular complexity index is 874. The molecule has 0 bridgehead atoms. The van der Waals surface area contributed by atoms with E-state index in [1.807, 2.05) is 54.7 Å². The third-order valence-electron chi connectivity index (χ3n) is 4.16. The zero-order valence-corrected chi connectivity index (χ0v) is 14.6. The van der Waals surface area contributed by atoms with Crippen molar-refractivity contribution >= 4 is 18.1 Å². The third-order valence-corrected chi connectivity index (χ3v) is 4.16. The largest absolute Gasteiger partial charge is 0.327 e. The normalized spacial score (nSPS) is 10.3. The van der Waals surface area contributed by atoms with E-state index in [9.17, 15) is 4.79 Å². The van der Waals surface area contributed by atoms with Gasteiger partial charge in [0.2, 0.25) is 0 Å². The fourth-order valence-electron chi connectivity index (χ4n) is 2.80. The number of carbonyl (C=O) groups is 1. The summed E-state index contributed by atoms with van der Waals surface area (Å²) in [5.74, 6) is 0. The highest BCUT2D eigenvalue weighted by Crippen LogP contribution is 2.26. The van der Waals surface area contributed by atoms with Crippen molar-refractivity contribution in [3.63, 3.8) is 0 Å². The topological polar surface area (TPSA) is 84.9 Å². The molecule has 0 atom stereocenters. The van der Waals surface area contributed by atoms with Crippen molar-refractivity contribution in [2.45, 2.75) is 19.9 Å². The standard InChI is InChI=1S/C20H21N5O/c1-2-16-10-18(8-9-19(16)17-11-22-23-12-17)24-20(26)25(14-21)13-15-6-4-3-5-7-15/h3-12,14,21H,2,13H2,1H3,(H,22,23)(H,24,26).